The molecule has 0 aliphatic carbocycles. The van der Waals surface area contributed by atoms with Gasteiger partial charge in [-0.2, -0.15) is 0 Å². The number of hydrogen-bond donors (Lipinski definition) is 1. The predicted molar refractivity (Wildman–Crippen MR) is 125 cm³/mol. The van der Waals surface area contributed by atoms with Crippen molar-refractivity contribution >= 4 is 33.9 Å². The number of aromatic nitrogens is 2. The Morgan fingerprint density at radius 2 is 1.38 bits per heavy atom. The zero-order valence-electron chi connectivity index (χ0n) is 17.4. The van der Waals surface area contributed by atoms with E-state index in [1.54, 1.807) is 12.1 Å². The molecule has 4 aromatic rings. The van der Waals surface area contributed by atoms with E-state index in [0.717, 1.165) is 16.6 Å². The molecule has 1 amide bonds. The SMILES string of the molecule is O=C(Nc1ccccc1)c1nnc(N2CCN(c3ccccc3F)CC2)c2ccccc12. The maximum Gasteiger partial charge on any atom is 0.276 e. The molecule has 1 fully saturated rings. The molecule has 0 radical (unpaired) electrons. The van der Waals surface area contributed by atoms with Gasteiger partial charge >= 0.3 is 0 Å². The van der Waals surface area contributed by atoms with Crippen molar-refractivity contribution in [1.29, 1.82) is 0 Å². The van der Waals surface area contributed by atoms with Crippen LogP contribution >= 0.6 is 0 Å². The molecule has 0 bridgehead atoms. The van der Waals surface area contributed by atoms with Gasteiger partial charge in [0.15, 0.2) is 11.5 Å². The zero-order chi connectivity index (χ0) is 21.9. The van der Waals surface area contributed by atoms with Crippen LogP contribution in [0.1, 0.15) is 10.5 Å². The van der Waals surface area contributed by atoms with Gasteiger partial charge in [0.2, 0.25) is 0 Å². The van der Waals surface area contributed by atoms with Gasteiger partial charge in [-0.05, 0) is 24.3 Å². The number of fused-ring (bicyclic) bond motifs is 1. The van der Waals surface area contributed by atoms with E-state index in [4.69, 9.17) is 0 Å². The molecule has 5 rings (SSSR count). The number of hydrogen-bond acceptors (Lipinski definition) is 5. The van der Waals surface area contributed by atoms with Crippen molar-refractivity contribution in [2.45, 2.75) is 0 Å². The van der Waals surface area contributed by atoms with Crippen molar-refractivity contribution in [3.63, 3.8) is 0 Å². The highest BCUT2D eigenvalue weighted by molar-refractivity contribution is 6.12. The highest BCUT2D eigenvalue weighted by Crippen LogP contribution is 2.28. The van der Waals surface area contributed by atoms with Gasteiger partial charge in [-0.25, -0.2) is 4.39 Å². The second-order valence-corrected chi connectivity index (χ2v) is 7.66. The van der Waals surface area contributed by atoms with Crippen LogP contribution in [0.25, 0.3) is 10.8 Å². The number of piperazine rings is 1. The Hall–Kier alpha value is -4.00. The van der Waals surface area contributed by atoms with Crippen LogP contribution in [-0.2, 0) is 0 Å². The van der Waals surface area contributed by atoms with Crippen molar-refractivity contribution < 1.29 is 9.18 Å². The van der Waals surface area contributed by atoms with Crippen LogP contribution in [0.2, 0.25) is 0 Å². The fourth-order valence-corrected chi connectivity index (χ4v) is 4.07. The quantitative estimate of drug-likeness (QED) is 0.525. The molecule has 0 saturated carbocycles. The maximum atomic E-state index is 14.2. The van der Waals surface area contributed by atoms with Gasteiger partial charge in [0.05, 0.1) is 5.69 Å². The zero-order valence-corrected chi connectivity index (χ0v) is 17.4. The van der Waals surface area contributed by atoms with Crippen LogP contribution in [0.4, 0.5) is 21.6 Å². The molecule has 2 heterocycles. The Morgan fingerprint density at radius 3 is 2.12 bits per heavy atom. The second-order valence-electron chi connectivity index (χ2n) is 7.66. The summed E-state index contributed by atoms with van der Waals surface area (Å²) in [5.74, 6) is 0.237. The normalized spacial score (nSPS) is 13.9. The summed E-state index contributed by atoms with van der Waals surface area (Å²) in [5.41, 5.74) is 1.62. The lowest BCUT2D eigenvalue weighted by Gasteiger charge is -2.37. The Balaban J connectivity index is 1.40. The summed E-state index contributed by atoms with van der Waals surface area (Å²) < 4.78 is 14.2. The first kappa shape index (κ1) is 19.9. The maximum absolute atomic E-state index is 14.2. The Kier molecular flexibility index (Phi) is 5.37. The van der Waals surface area contributed by atoms with E-state index in [2.05, 4.69) is 20.4 Å². The highest BCUT2D eigenvalue weighted by Gasteiger charge is 2.23. The lowest BCUT2D eigenvalue weighted by Crippen LogP contribution is -2.47. The Labute approximate surface area is 185 Å². The number of carbonyl (C=O) groups excluding carboxylic acids is 1. The molecule has 1 aliphatic heterocycles. The predicted octanol–water partition coefficient (Wildman–Crippen LogP) is 4.35. The third kappa shape index (κ3) is 3.85. The third-order valence-electron chi connectivity index (χ3n) is 5.69. The van der Waals surface area contributed by atoms with E-state index in [0.29, 0.717) is 37.6 Å². The lowest BCUT2D eigenvalue weighted by molar-refractivity contribution is 0.102. The van der Waals surface area contributed by atoms with Crippen LogP contribution in [0.3, 0.4) is 0 Å². The van der Waals surface area contributed by atoms with Crippen molar-refractivity contribution in [3.05, 3.63) is 90.4 Å². The van der Waals surface area contributed by atoms with Gasteiger partial charge in [-0.1, -0.05) is 54.6 Å². The average molecular weight is 427 g/mol. The van der Waals surface area contributed by atoms with Gasteiger partial charge in [0.25, 0.3) is 5.91 Å². The minimum absolute atomic E-state index is 0.208. The summed E-state index contributed by atoms with van der Waals surface area (Å²) in [6, 6.07) is 23.8. The first-order valence-electron chi connectivity index (χ1n) is 10.6. The first-order chi connectivity index (χ1) is 15.7. The number of amides is 1. The van der Waals surface area contributed by atoms with E-state index in [-0.39, 0.29) is 17.4 Å². The summed E-state index contributed by atoms with van der Waals surface area (Å²) in [6.45, 7) is 2.71. The molecular weight excluding hydrogens is 405 g/mol. The monoisotopic (exact) mass is 427 g/mol. The van der Waals surface area contributed by atoms with E-state index in [1.165, 1.54) is 6.07 Å². The molecule has 32 heavy (non-hydrogen) atoms. The highest BCUT2D eigenvalue weighted by atomic mass is 19.1. The number of halogens is 1. The van der Waals surface area contributed by atoms with Gasteiger partial charge < -0.3 is 15.1 Å². The fourth-order valence-electron chi connectivity index (χ4n) is 4.07. The van der Waals surface area contributed by atoms with E-state index < -0.39 is 0 Å². The number of rotatable bonds is 4. The molecule has 1 aliphatic rings. The van der Waals surface area contributed by atoms with Gasteiger partial charge in [0, 0.05) is 42.6 Å². The van der Waals surface area contributed by atoms with Crippen molar-refractivity contribution in [1.82, 2.24) is 10.2 Å². The largest absolute Gasteiger partial charge is 0.366 e. The molecule has 1 saturated heterocycles. The standard InChI is InChI=1S/C25H22FN5O/c26-21-12-6-7-13-22(21)30-14-16-31(17-15-30)24-20-11-5-4-10-19(20)23(28-29-24)25(32)27-18-8-2-1-3-9-18/h1-13H,14-17H2,(H,27,32). The summed E-state index contributed by atoms with van der Waals surface area (Å²) in [4.78, 5) is 17.1. The topological polar surface area (TPSA) is 61.4 Å². The first-order valence-corrected chi connectivity index (χ1v) is 10.6. The number of para-hydroxylation sites is 2. The lowest BCUT2D eigenvalue weighted by atomic mass is 10.1. The molecule has 7 heteroatoms. The molecule has 0 unspecified atom stereocenters. The van der Waals surface area contributed by atoms with Crippen molar-refractivity contribution in [2.24, 2.45) is 0 Å². The van der Waals surface area contributed by atoms with E-state index >= 15 is 0 Å². The smallest absolute Gasteiger partial charge is 0.276 e. The van der Waals surface area contributed by atoms with Crippen molar-refractivity contribution in [3.8, 4) is 0 Å². The van der Waals surface area contributed by atoms with Gasteiger partial charge in [-0.3, -0.25) is 4.79 Å². The summed E-state index contributed by atoms with van der Waals surface area (Å²) in [7, 11) is 0. The Morgan fingerprint density at radius 1 is 0.750 bits per heavy atom. The molecule has 6 nitrogen and oxygen atoms in total. The summed E-state index contributed by atoms with van der Waals surface area (Å²) in [6.07, 6.45) is 0. The summed E-state index contributed by atoms with van der Waals surface area (Å²) in [5, 5.41) is 13.2. The van der Waals surface area contributed by atoms with Crippen molar-refractivity contribution in [2.75, 3.05) is 41.3 Å². The average Bonchev–Trinajstić information content (AvgIpc) is 2.84. The molecule has 0 spiro atoms. The van der Waals surface area contributed by atoms with Crippen LogP contribution in [0, 0.1) is 5.82 Å². The van der Waals surface area contributed by atoms with Gasteiger partial charge in [0.1, 0.15) is 5.82 Å². The third-order valence-corrected chi connectivity index (χ3v) is 5.69. The van der Waals surface area contributed by atoms with E-state index in [1.807, 2.05) is 65.6 Å². The molecule has 0 atom stereocenters. The second kappa shape index (κ2) is 8.63. The number of anilines is 3. The molecule has 3 aromatic carbocycles. The molecule has 1 N–H and O–H groups in total. The molecular formula is C25H22FN5O. The molecule has 160 valence electrons. The van der Waals surface area contributed by atoms with Crippen LogP contribution in [0.5, 0.6) is 0 Å². The van der Waals surface area contributed by atoms with Crippen LogP contribution < -0.4 is 15.1 Å². The van der Waals surface area contributed by atoms with Gasteiger partial charge in [-0.15, -0.1) is 10.2 Å². The van der Waals surface area contributed by atoms with E-state index in [9.17, 15) is 9.18 Å². The number of benzene rings is 3. The number of nitrogens with one attached hydrogen (secondary N) is 1. The minimum atomic E-state index is -0.296. The Bertz CT molecular complexity index is 1260. The van der Waals surface area contributed by atoms with Crippen LogP contribution in [0.15, 0.2) is 78.9 Å². The minimum Gasteiger partial charge on any atom is -0.366 e. The summed E-state index contributed by atoms with van der Waals surface area (Å²) >= 11 is 0. The fraction of sp³-hybridized carbons (Fsp3) is 0.160. The number of carbonyl (C=O) groups is 1. The van der Waals surface area contributed by atoms with Crippen LogP contribution in [-0.4, -0.2) is 42.3 Å². The molecule has 1 aromatic heterocycles. The number of nitrogens with zero attached hydrogens (tertiary/aromatic N) is 4.